The third-order valence-corrected chi connectivity index (χ3v) is 5.94. The maximum Gasteiger partial charge on any atom is 0.266 e. The van der Waals surface area contributed by atoms with Crippen molar-refractivity contribution in [2.24, 2.45) is 5.92 Å². The molecule has 1 aromatic heterocycles. The zero-order valence-corrected chi connectivity index (χ0v) is 17.0. The van der Waals surface area contributed by atoms with E-state index < -0.39 is 29.9 Å². The molecule has 0 radical (unpaired) electrons. The summed E-state index contributed by atoms with van der Waals surface area (Å²) in [6, 6.07) is 17.3. The molecule has 3 heterocycles. The number of rotatable bonds is 3. The van der Waals surface area contributed by atoms with Crippen LogP contribution >= 0.6 is 23.2 Å². The van der Waals surface area contributed by atoms with Crippen LogP contribution in [0.4, 0.5) is 11.4 Å². The highest BCUT2D eigenvalue weighted by Crippen LogP contribution is 2.49. The Morgan fingerprint density at radius 3 is 2.17 bits per heavy atom. The molecule has 5 rings (SSSR count). The van der Waals surface area contributed by atoms with Gasteiger partial charge >= 0.3 is 0 Å². The average Bonchev–Trinajstić information content (AvgIpc) is 3.27. The zero-order valence-electron chi connectivity index (χ0n) is 15.5. The van der Waals surface area contributed by atoms with Crippen molar-refractivity contribution in [3.05, 3.63) is 88.7 Å². The molecule has 6 nitrogen and oxygen atoms in total. The van der Waals surface area contributed by atoms with Gasteiger partial charge in [-0.15, -0.1) is 0 Å². The molecule has 3 atom stereocenters. The highest BCUT2D eigenvalue weighted by molar-refractivity contribution is 6.42. The Labute approximate surface area is 182 Å². The van der Waals surface area contributed by atoms with E-state index in [4.69, 9.17) is 28.0 Å². The number of amides is 2. The second kappa shape index (κ2) is 7.40. The number of aromatic nitrogens is 1. The van der Waals surface area contributed by atoms with Crippen LogP contribution in [-0.2, 0) is 14.4 Å². The number of fused-ring (bicyclic) bond motifs is 1. The molecule has 3 aromatic rings. The molecule has 0 bridgehead atoms. The Bertz CT molecular complexity index is 1110. The highest BCUT2D eigenvalue weighted by atomic mass is 35.5. The van der Waals surface area contributed by atoms with Gasteiger partial charge in [0.1, 0.15) is 5.92 Å². The van der Waals surface area contributed by atoms with E-state index in [0.29, 0.717) is 0 Å². The summed E-state index contributed by atoms with van der Waals surface area (Å²) in [6.45, 7) is 0. The van der Waals surface area contributed by atoms with Crippen LogP contribution in [0, 0.1) is 5.92 Å². The Balaban J connectivity index is 1.61. The summed E-state index contributed by atoms with van der Waals surface area (Å²) in [5.41, 5.74) is 1.75. The summed E-state index contributed by atoms with van der Waals surface area (Å²) in [4.78, 5) is 38.0. The van der Waals surface area contributed by atoms with E-state index in [1.54, 1.807) is 35.7 Å². The molecule has 0 saturated carbocycles. The largest absolute Gasteiger partial charge is 0.273 e. The third kappa shape index (κ3) is 2.88. The average molecular weight is 440 g/mol. The summed E-state index contributed by atoms with van der Waals surface area (Å²) in [5.74, 6) is -1.65. The lowest BCUT2D eigenvalue weighted by atomic mass is 9.91. The molecule has 2 fully saturated rings. The summed E-state index contributed by atoms with van der Waals surface area (Å²) < 4.78 is 0. The van der Waals surface area contributed by atoms with E-state index in [1.165, 1.54) is 0 Å². The van der Waals surface area contributed by atoms with Crippen LogP contribution in [0.2, 0.25) is 10.0 Å². The molecule has 0 unspecified atom stereocenters. The molecule has 2 amide bonds. The Morgan fingerprint density at radius 2 is 1.50 bits per heavy atom. The number of anilines is 2. The number of hydroxylamine groups is 1. The first-order chi connectivity index (χ1) is 14.6. The summed E-state index contributed by atoms with van der Waals surface area (Å²) >= 11 is 12.6. The van der Waals surface area contributed by atoms with Crippen LogP contribution in [-0.4, -0.2) is 22.9 Å². The van der Waals surface area contributed by atoms with Crippen LogP contribution in [0.25, 0.3) is 0 Å². The smallest absolute Gasteiger partial charge is 0.266 e. The molecular formula is C22H15Cl2N3O3. The van der Waals surface area contributed by atoms with Crippen molar-refractivity contribution in [3.63, 3.8) is 0 Å². The summed E-state index contributed by atoms with van der Waals surface area (Å²) in [7, 11) is 0. The Morgan fingerprint density at radius 1 is 0.833 bits per heavy atom. The number of para-hydroxylation sites is 2. The number of imide groups is 1. The number of hydrogen-bond acceptors (Lipinski definition) is 5. The molecule has 2 aliphatic heterocycles. The normalized spacial score (nSPS) is 23.2. The fourth-order valence-corrected chi connectivity index (χ4v) is 4.60. The predicted octanol–water partition coefficient (Wildman–Crippen LogP) is 4.44. The molecule has 2 aliphatic rings. The third-order valence-electron chi connectivity index (χ3n) is 5.33. The van der Waals surface area contributed by atoms with Crippen molar-refractivity contribution >= 4 is 46.4 Å². The zero-order chi connectivity index (χ0) is 20.8. The molecule has 2 aromatic carbocycles. The molecule has 0 spiro atoms. The van der Waals surface area contributed by atoms with Crippen molar-refractivity contribution in [1.82, 2.24) is 4.98 Å². The predicted molar refractivity (Wildman–Crippen MR) is 113 cm³/mol. The fraction of sp³-hybridized carbons (Fsp3) is 0.136. The van der Waals surface area contributed by atoms with Crippen molar-refractivity contribution in [1.29, 1.82) is 0 Å². The minimum absolute atomic E-state index is 0.188. The number of carbonyl (C=O) groups excluding carboxylic acids is 2. The first kappa shape index (κ1) is 19.1. The van der Waals surface area contributed by atoms with E-state index in [-0.39, 0.29) is 15.7 Å². The van der Waals surface area contributed by atoms with Gasteiger partial charge in [-0.2, -0.15) is 0 Å². The van der Waals surface area contributed by atoms with Gasteiger partial charge in [0.05, 0.1) is 27.5 Å². The fourth-order valence-electron chi connectivity index (χ4n) is 4.04. The van der Waals surface area contributed by atoms with Crippen LogP contribution in [0.3, 0.4) is 0 Å². The highest BCUT2D eigenvalue weighted by Gasteiger charge is 2.60. The second-order valence-corrected chi connectivity index (χ2v) is 7.84. The first-order valence-corrected chi connectivity index (χ1v) is 10.1. The summed E-state index contributed by atoms with van der Waals surface area (Å²) in [6.07, 6.45) is 2.31. The molecule has 0 N–H and O–H groups in total. The van der Waals surface area contributed by atoms with Crippen LogP contribution < -0.4 is 9.96 Å². The van der Waals surface area contributed by atoms with Crippen molar-refractivity contribution in [2.45, 2.75) is 12.1 Å². The van der Waals surface area contributed by atoms with Gasteiger partial charge in [0.15, 0.2) is 6.10 Å². The Hall–Kier alpha value is -2.93. The minimum Gasteiger partial charge on any atom is -0.273 e. The molecular weight excluding hydrogens is 425 g/mol. The SMILES string of the molecule is O=C1[C@@H]2[C@H](ON(c3ccccc3)[C@H]2c2ccncc2)C(=O)N1c1c(Cl)cccc1Cl. The standard InChI is InChI=1S/C22H15Cl2N3O3/c23-15-7-4-8-16(24)19(15)26-21(28)17-18(13-9-11-25-12-10-13)27(30-20(17)22(26)29)14-5-2-1-3-6-14/h1-12,17-18,20H/t17-,18-,20-/m0/s1. The maximum absolute atomic E-state index is 13.5. The van der Waals surface area contributed by atoms with Gasteiger partial charge in [0, 0.05) is 12.4 Å². The molecule has 150 valence electrons. The Kier molecular flexibility index (Phi) is 4.70. The van der Waals surface area contributed by atoms with Gasteiger partial charge in [-0.05, 0) is 42.0 Å². The lowest BCUT2D eigenvalue weighted by molar-refractivity contribution is -0.126. The molecule has 2 saturated heterocycles. The number of nitrogens with zero attached hydrogens (tertiary/aromatic N) is 3. The molecule has 8 heteroatoms. The van der Waals surface area contributed by atoms with Crippen molar-refractivity contribution in [3.8, 4) is 0 Å². The van der Waals surface area contributed by atoms with Crippen LogP contribution in [0.15, 0.2) is 73.1 Å². The maximum atomic E-state index is 13.5. The van der Waals surface area contributed by atoms with E-state index in [2.05, 4.69) is 4.98 Å². The minimum atomic E-state index is -0.983. The van der Waals surface area contributed by atoms with Crippen LogP contribution in [0.1, 0.15) is 11.6 Å². The number of pyridine rings is 1. The first-order valence-electron chi connectivity index (χ1n) is 9.30. The topological polar surface area (TPSA) is 62.7 Å². The van der Waals surface area contributed by atoms with E-state index in [9.17, 15) is 9.59 Å². The lowest BCUT2D eigenvalue weighted by Gasteiger charge is -2.29. The number of benzene rings is 2. The van der Waals surface area contributed by atoms with Gasteiger partial charge in [-0.25, -0.2) is 9.96 Å². The van der Waals surface area contributed by atoms with Crippen molar-refractivity contribution in [2.75, 3.05) is 9.96 Å². The van der Waals surface area contributed by atoms with E-state index >= 15 is 0 Å². The second-order valence-electron chi connectivity index (χ2n) is 7.02. The summed E-state index contributed by atoms with van der Waals surface area (Å²) in [5, 5.41) is 2.08. The number of halogens is 2. The number of carbonyl (C=O) groups is 2. The monoisotopic (exact) mass is 439 g/mol. The molecule has 30 heavy (non-hydrogen) atoms. The number of hydrogen-bond donors (Lipinski definition) is 0. The quantitative estimate of drug-likeness (QED) is 0.564. The van der Waals surface area contributed by atoms with Gasteiger partial charge < -0.3 is 0 Å². The van der Waals surface area contributed by atoms with Gasteiger partial charge in [0.25, 0.3) is 5.91 Å². The van der Waals surface area contributed by atoms with E-state index in [1.807, 2.05) is 42.5 Å². The lowest BCUT2D eigenvalue weighted by Crippen LogP contribution is -2.37. The molecule has 0 aliphatic carbocycles. The van der Waals surface area contributed by atoms with E-state index in [0.717, 1.165) is 16.2 Å². The van der Waals surface area contributed by atoms with Gasteiger partial charge in [-0.3, -0.25) is 19.4 Å². The van der Waals surface area contributed by atoms with Gasteiger partial charge in [-0.1, -0.05) is 47.5 Å². The van der Waals surface area contributed by atoms with Crippen molar-refractivity contribution < 1.29 is 14.4 Å². The van der Waals surface area contributed by atoms with Gasteiger partial charge in [0.2, 0.25) is 5.91 Å². The van der Waals surface area contributed by atoms with Crippen LogP contribution in [0.5, 0.6) is 0 Å².